The largest absolute Gasteiger partial charge is 0.441 e. The molecule has 0 aliphatic carbocycles. The molecule has 0 aromatic heterocycles. The number of nitrogens with zero attached hydrogens (tertiary/aromatic N) is 1. The van der Waals surface area contributed by atoms with E-state index in [4.69, 9.17) is 4.74 Å². The van der Waals surface area contributed by atoms with Gasteiger partial charge in [0.25, 0.3) is 0 Å². The van der Waals surface area contributed by atoms with Crippen LogP contribution in [0.4, 0.5) is 10.5 Å². The first-order chi connectivity index (χ1) is 8.27. The number of amides is 1. The SMILES string of the molecule is O=C1NCC2(CCN(c3ccccc3)CC2)O1. The molecule has 1 amide bonds. The van der Waals surface area contributed by atoms with Crippen molar-refractivity contribution in [2.45, 2.75) is 18.4 Å². The van der Waals surface area contributed by atoms with Gasteiger partial charge in [0.05, 0.1) is 6.54 Å². The molecule has 2 aliphatic rings. The van der Waals surface area contributed by atoms with Gasteiger partial charge in [-0.2, -0.15) is 0 Å². The zero-order valence-corrected chi connectivity index (χ0v) is 9.69. The molecule has 0 saturated carbocycles. The summed E-state index contributed by atoms with van der Waals surface area (Å²) in [5.74, 6) is 0. The lowest BCUT2D eigenvalue weighted by Crippen LogP contribution is -2.46. The van der Waals surface area contributed by atoms with Crippen molar-refractivity contribution in [3.63, 3.8) is 0 Å². The molecule has 17 heavy (non-hydrogen) atoms. The van der Waals surface area contributed by atoms with Crippen molar-refractivity contribution in [3.05, 3.63) is 30.3 Å². The summed E-state index contributed by atoms with van der Waals surface area (Å²) in [6.45, 7) is 2.55. The fourth-order valence-corrected chi connectivity index (χ4v) is 2.59. The zero-order chi connectivity index (χ0) is 11.7. The Morgan fingerprint density at radius 2 is 1.88 bits per heavy atom. The van der Waals surface area contributed by atoms with Crippen molar-refractivity contribution in [1.82, 2.24) is 5.32 Å². The topological polar surface area (TPSA) is 41.6 Å². The normalized spacial score (nSPS) is 22.4. The third-order valence-electron chi connectivity index (χ3n) is 3.66. The Morgan fingerprint density at radius 3 is 2.47 bits per heavy atom. The molecule has 1 spiro atoms. The maximum absolute atomic E-state index is 11.1. The number of piperidine rings is 1. The van der Waals surface area contributed by atoms with Crippen LogP contribution in [-0.4, -0.2) is 31.3 Å². The number of alkyl carbamates (subject to hydrolysis) is 1. The highest BCUT2D eigenvalue weighted by Gasteiger charge is 2.42. The van der Waals surface area contributed by atoms with Crippen molar-refractivity contribution in [3.8, 4) is 0 Å². The first-order valence-corrected chi connectivity index (χ1v) is 6.04. The number of ether oxygens (including phenoxy) is 1. The lowest BCUT2D eigenvalue weighted by molar-refractivity contribution is 0.0367. The molecule has 4 heteroatoms. The summed E-state index contributed by atoms with van der Waals surface area (Å²) in [7, 11) is 0. The van der Waals surface area contributed by atoms with Gasteiger partial charge in [0.2, 0.25) is 0 Å². The van der Waals surface area contributed by atoms with Gasteiger partial charge < -0.3 is 15.0 Å². The van der Waals surface area contributed by atoms with E-state index >= 15 is 0 Å². The first kappa shape index (κ1) is 10.4. The van der Waals surface area contributed by atoms with E-state index in [9.17, 15) is 4.79 Å². The van der Waals surface area contributed by atoms with Gasteiger partial charge in [-0.15, -0.1) is 0 Å². The third kappa shape index (κ3) is 1.95. The van der Waals surface area contributed by atoms with Crippen LogP contribution in [0.3, 0.4) is 0 Å². The van der Waals surface area contributed by atoms with Gasteiger partial charge in [0.15, 0.2) is 0 Å². The molecule has 2 fully saturated rings. The lowest BCUT2D eigenvalue weighted by atomic mass is 9.91. The van der Waals surface area contributed by atoms with E-state index in [0.717, 1.165) is 25.9 Å². The number of anilines is 1. The van der Waals surface area contributed by atoms with Crippen LogP contribution in [0.2, 0.25) is 0 Å². The number of hydrogen-bond donors (Lipinski definition) is 1. The van der Waals surface area contributed by atoms with E-state index in [1.54, 1.807) is 0 Å². The number of para-hydroxylation sites is 1. The van der Waals surface area contributed by atoms with Gasteiger partial charge in [-0.1, -0.05) is 18.2 Å². The Morgan fingerprint density at radius 1 is 1.18 bits per heavy atom. The molecule has 1 aromatic carbocycles. The molecular formula is C13H16N2O2. The van der Waals surface area contributed by atoms with Gasteiger partial charge in [-0.3, -0.25) is 0 Å². The van der Waals surface area contributed by atoms with E-state index in [-0.39, 0.29) is 11.7 Å². The predicted molar refractivity (Wildman–Crippen MR) is 65.1 cm³/mol. The maximum atomic E-state index is 11.1. The highest BCUT2D eigenvalue weighted by molar-refractivity contribution is 5.70. The fourth-order valence-electron chi connectivity index (χ4n) is 2.59. The van der Waals surface area contributed by atoms with Gasteiger partial charge >= 0.3 is 6.09 Å². The molecule has 2 heterocycles. The highest BCUT2D eigenvalue weighted by Crippen LogP contribution is 2.31. The zero-order valence-electron chi connectivity index (χ0n) is 9.69. The van der Waals surface area contributed by atoms with Gasteiger partial charge in [0, 0.05) is 31.6 Å². The predicted octanol–water partition coefficient (Wildman–Crippen LogP) is 1.77. The van der Waals surface area contributed by atoms with Crippen molar-refractivity contribution < 1.29 is 9.53 Å². The molecule has 1 N–H and O–H groups in total. The minimum Gasteiger partial charge on any atom is -0.441 e. The molecular weight excluding hydrogens is 216 g/mol. The Hall–Kier alpha value is -1.71. The van der Waals surface area contributed by atoms with Crippen LogP contribution in [-0.2, 0) is 4.74 Å². The molecule has 2 aliphatic heterocycles. The Balaban J connectivity index is 1.67. The van der Waals surface area contributed by atoms with E-state index < -0.39 is 0 Å². The molecule has 0 unspecified atom stereocenters. The van der Waals surface area contributed by atoms with Crippen LogP contribution >= 0.6 is 0 Å². The van der Waals surface area contributed by atoms with Gasteiger partial charge in [-0.05, 0) is 12.1 Å². The summed E-state index contributed by atoms with van der Waals surface area (Å²) >= 11 is 0. The summed E-state index contributed by atoms with van der Waals surface area (Å²) in [5, 5.41) is 2.75. The van der Waals surface area contributed by atoms with Crippen LogP contribution in [0.5, 0.6) is 0 Å². The highest BCUT2D eigenvalue weighted by atomic mass is 16.6. The Kier molecular flexibility index (Phi) is 2.42. The van der Waals surface area contributed by atoms with E-state index in [2.05, 4.69) is 34.5 Å². The van der Waals surface area contributed by atoms with Gasteiger partial charge in [0.1, 0.15) is 5.60 Å². The van der Waals surface area contributed by atoms with Crippen LogP contribution in [0.25, 0.3) is 0 Å². The second-order valence-electron chi connectivity index (χ2n) is 4.75. The average Bonchev–Trinajstić information content (AvgIpc) is 2.73. The number of benzene rings is 1. The van der Waals surface area contributed by atoms with E-state index in [0.29, 0.717) is 6.54 Å². The molecule has 0 atom stereocenters. The Bertz CT molecular complexity index is 411. The number of nitrogens with one attached hydrogen (secondary N) is 1. The van der Waals surface area contributed by atoms with Crippen molar-refractivity contribution in [2.24, 2.45) is 0 Å². The summed E-state index contributed by atoms with van der Waals surface area (Å²) in [6.07, 6.45) is 1.54. The minimum atomic E-state index is -0.266. The molecule has 3 rings (SSSR count). The summed E-state index contributed by atoms with van der Waals surface area (Å²) < 4.78 is 5.40. The minimum absolute atomic E-state index is 0.248. The molecule has 2 saturated heterocycles. The second kappa shape index (κ2) is 3.95. The molecule has 0 radical (unpaired) electrons. The molecule has 4 nitrogen and oxygen atoms in total. The number of carbonyl (C=O) groups excluding carboxylic acids is 1. The number of carbonyl (C=O) groups is 1. The smallest absolute Gasteiger partial charge is 0.407 e. The monoisotopic (exact) mass is 232 g/mol. The molecule has 90 valence electrons. The second-order valence-corrected chi connectivity index (χ2v) is 4.75. The summed E-state index contributed by atoms with van der Waals surface area (Å²) in [6, 6.07) is 10.4. The first-order valence-electron chi connectivity index (χ1n) is 6.04. The average molecular weight is 232 g/mol. The maximum Gasteiger partial charge on any atom is 0.407 e. The van der Waals surface area contributed by atoms with Gasteiger partial charge in [-0.25, -0.2) is 4.79 Å². The standard InChI is InChI=1S/C13H16N2O2/c16-12-14-10-13(17-12)6-8-15(9-7-13)11-4-2-1-3-5-11/h1-5H,6-10H2,(H,14,16). The van der Waals surface area contributed by atoms with Crippen LogP contribution in [0.1, 0.15) is 12.8 Å². The Labute approximate surface area is 101 Å². The molecule has 1 aromatic rings. The van der Waals surface area contributed by atoms with Crippen molar-refractivity contribution >= 4 is 11.8 Å². The summed E-state index contributed by atoms with van der Waals surface area (Å²) in [4.78, 5) is 13.5. The van der Waals surface area contributed by atoms with Crippen molar-refractivity contribution in [1.29, 1.82) is 0 Å². The van der Waals surface area contributed by atoms with E-state index in [1.807, 2.05) is 6.07 Å². The quantitative estimate of drug-likeness (QED) is 0.802. The lowest BCUT2D eigenvalue weighted by Gasteiger charge is -2.38. The number of hydrogen-bond acceptors (Lipinski definition) is 3. The molecule has 0 bridgehead atoms. The fraction of sp³-hybridized carbons (Fsp3) is 0.462. The van der Waals surface area contributed by atoms with Crippen molar-refractivity contribution in [2.75, 3.05) is 24.5 Å². The summed E-state index contributed by atoms with van der Waals surface area (Å²) in [5.41, 5.74) is 1.00. The van der Waals surface area contributed by atoms with E-state index in [1.165, 1.54) is 5.69 Å². The number of rotatable bonds is 1. The third-order valence-corrected chi connectivity index (χ3v) is 3.66. The van der Waals surface area contributed by atoms with Crippen LogP contribution in [0.15, 0.2) is 30.3 Å². The van der Waals surface area contributed by atoms with Crippen LogP contribution < -0.4 is 10.2 Å². The van der Waals surface area contributed by atoms with Crippen LogP contribution in [0, 0.1) is 0 Å².